The second kappa shape index (κ2) is 13.5. The minimum Gasteiger partial charge on any atom is -0.493 e. The monoisotopic (exact) mass is 709 g/mol. The molecule has 5 aliphatic rings. The molecule has 3 aliphatic carbocycles. The molecule has 2 fully saturated rings. The number of nitrogens with zero attached hydrogens (tertiary/aromatic N) is 4. The average Bonchev–Trinajstić information content (AvgIpc) is 3.41. The summed E-state index contributed by atoms with van der Waals surface area (Å²) in [5.74, 6) is 2.91. The Kier molecular flexibility index (Phi) is 9.35. The van der Waals surface area contributed by atoms with Gasteiger partial charge in [-0.05, 0) is 68.6 Å². The molecule has 0 radical (unpaired) electrons. The molecule has 2 aromatic heterocycles. The number of carbonyl (C=O) groups excluding carboxylic acids is 1. The molecule has 2 aromatic rings. The van der Waals surface area contributed by atoms with Gasteiger partial charge in [-0.2, -0.15) is 0 Å². The molecule has 4 unspecified atom stereocenters. The molecule has 51 heavy (non-hydrogen) atoms. The number of thiocarbonyl (C=S) groups is 1. The number of amides is 1. The molecule has 1 spiro atoms. The molecule has 1 saturated carbocycles. The predicted octanol–water partition coefficient (Wildman–Crippen LogP) is 8.50. The summed E-state index contributed by atoms with van der Waals surface area (Å²) in [5, 5.41) is 4.74. The van der Waals surface area contributed by atoms with Crippen LogP contribution in [0.25, 0.3) is 11.2 Å². The molecule has 9 nitrogen and oxygen atoms in total. The van der Waals surface area contributed by atoms with Crippen LogP contribution >= 0.6 is 12.2 Å². The molecule has 7 atom stereocenters. The Labute approximate surface area is 307 Å². The summed E-state index contributed by atoms with van der Waals surface area (Å²) in [6.45, 7) is 19.1. The highest BCUT2D eigenvalue weighted by molar-refractivity contribution is 7.80. The Hall–Kier alpha value is -4.05. The van der Waals surface area contributed by atoms with E-state index in [9.17, 15) is 4.79 Å². The van der Waals surface area contributed by atoms with Crippen LogP contribution in [0.1, 0.15) is 111 Å². The summed E-state index contributed by atoms with van der Waals surface area (Å²) < 4.78 is 19.5. The number of likely N-dealkylation sites (tertiary alicyclic amines) is 1. The molecular weight excluding hydrogens is 659 g/mol. The molecule has 10 heteroatoms. The van der Waals surface area contributed by atoms with E-state index >= 15 is 0 Å². The lowest BCUT2D eigenvalue weighted by molar-refractivity contribution is -0.138. The molecule has 270 valence electrons. The molecule has 0 aromatic carbocycles. The maximum absolute atomic E-state index is 15.0. The number of carbonyl (C=O) groups is 1. The largest absolute Gasteiger partial charge is 0.493 e. The number of furan rings is 1. The smallest absolute Gasteiger partial charge is 0.255 e. The number of ether oxygens (including phenoxy) is 2. The second-order valence-corrected chi connectivity index (χ2v) is 16.7. The Morgan fingerprint density at radius 3 is 2.73 bits per heavy atom. The minimum atomic E-state index is -0.794. The number of hydrogen-bond acceptors (Lipinski definition) is 9. The van der Waals surface area contributed by atoms with Crippen LogP contribution < -0.4 is 5.43 Å². The standard InChI is InChI=1S/C41H51N5O4S/c1-23(2)48-33-17-11-16-32(31-22-42-38-30(43-31)19-34(50-38)40(6,7)8)46(39(47)27-14-10-15-28(51)18-27)41(33)21-35(41)49-36-20-29(44-45-36)37-25(4)13-9-12-24(3)26(37)5/h9-10,13-14,18-19,22,24,26,29,32-33,35,44H,1,11-12,15-17,20-21H2,2-8H3/t24?,26?,29?,32-,33+,35?,41+/m0/s1. The van der Waals surface area contributed by atoms with Crippen LogP contribution in [0.5, 0.6) is 0 Å². The number of allylic oxidation sites excluding steroid dienone is 6. The fraction of sp³-hybridized carbons (Fsp3) is 0.537. The van der Waals surface area contributed by atoms with Gasteiger partial charge < -0.3 is 18.8 Å². The third kappa shape index (κ3) is 6.72. The van der Waals surface area contributed by atoms with Gasteiger partial charge in [0, 0.05) is 34.8 Å². The first-order chi connectivity index (χ1) is 24.3. The highest BCUT2D eigenvalue weighted by Gasteiger charge is 2.70. The lowest BCUT2D eigenvalue weighted by Gasteiger charge is -2.40. The maximum Gasteiger partial charge on any atom is 0.255 e. The zero-order valence-corrected chi connectivity index (χ0v) is 31.8. The van der Waals surface area contributed by atoms with Gasteiger partial charge in [0.05, 0.1) is 36.2 Å². The molecule has 1 amide bonds. The summed E-state index contributed by atoms with van der Waals surface area (Å²) in [6, 6.07) is 1.64. The topological polar surface area (TPSA) is 102 Å². The average molecular weight is 710 g/mol. The van der Waals surface area contributed by atoms with Gasteiger partial charge in [-0.3, -0.25) is 10.2 Å². The second-order valence-electron chi connectivity index (χ2n) is 16.2. The number of rotatable bonds is 6. The van der Waals surface area contributed by atoms with E-state index in [0.717, 1.165) is 29.9 Å². The van der Waals surface area contributed by atoms with Crippen LogP contribution in [0, 0.1) is 11.8 Å². The van der Waals surface area contributed by atoms with E-state index in [0.29, 0.717) is 71.7 Å². The van der Waals surface area contributed by atoms with Crippen molar-refractivity contribution in [3.8, 4) is 0 Å². The number of fused-ring (bicyclic) bond motifs is 1. The minimum absolute atomic E-state index is 0.0606. The van der Waals surface area contributed by atoms with Gasteiger partial charge in [0.1, 0.15) is 29.0 Å². The van der Waals surface area contributed by atoms with E-state index in [2.05, 4.69) is 65.7 Å². The molecule has 1 N–H and O–H groups in total. The quantitative estimate of drug-likeness (QED) is 0.235. The first-order valence-corrected chi connectivity index (χ1v) is 18.9. The zero-order chi connectivity index (χ0) is 36.2. The van der Waals surface area contributed by atoms with E-state index in [1.807, 2.05) is 36.1 Å². The van der Waals surface area contributed by atoms with Gasteiger partial charge in [-0.1, -0.05) is 77.7 Å². The van der Waals surface area contributed by atoms with Crippen molar-refractivity contribution >= 4 is 40.1 Å². The van der Waals surface area contributed by atoms with Gasteiger partial charge in [0.2, 0.25) is 11.6 Å². The van der Waals surface area contributed by atoms with Crippen LogP contribution in [0.15, 0.2) is 81.2 Å². The van der Waals surface area contributed by atoms with Crippen molar-refractivity contribution in [2.75, 3.05) is 0 Å². The number of aromatic nitrogens is 2. The fourth-order valence-corrected chi connectivity index (χ4v) is 8.61. The van der Waals surface area contributed by atoms with Gasteiger partial charge in [0.25, 0.3) is 5.91 Å². The number of nitrogens with one attached hydrogen (secondary N) is 1. The third-order valence-electron chi connectivity index (χ3n) is 11.3. The van der Waals surface area contributed by atoms with Crippen molar-refractivity contribution in [3.63, 3.8) is 0 Å². The summed E-state index contributed by atoms with van der Waals surface area (Å²) in [7, 11) is 0. The van der Waals surface area contributed by atoms with Gasteiger partial charge in [0.15, 0.2) is 0 Å². The number of hydrogen-bond donors (Lipinski definition) is 1. The summed E-state index contributed by atoms with van der Waals surface area (Å²) >= 11 is 5.58. The first kappa shape index (κ1) is 35.4. The Morgan fingerprint density at radius 1 is 1.18 bits per heavy atom. The maximum atomic E-state index is 15.0. The lowest BCUT2D eigenvalue weighted by atomic mass is 9.82. The molecule has 4 heterocycles. The Bertz CT molecular complexity index is 1910. The lowest BCUT2D eigenvalue weighted by Crippen LogP contribution is -2.53. The first-order valence-electron chi connectivity index (χ1n) is 18.5. The molecule has 7 rings (SSSR count). The summed E-state index contributed by atoms with van der Waals surface area (Å²) in [5.41, 5.74) is 7.52. The normalized spacial score (nSPS) is 30.9. The van der Waals surface area contributed by atoms with Crippen LogP contribution in [0.3, 0.4) is 0 Å². The van der Waals surface area contributed by atoms with Crippen LogP contribution in [-0.2, 0) is 19.7 Å². The zero-order valence-electron chi connectivity index (χ0n) is 31.0. The Morgan fingerprint density at radius 2 is 1.98 bits per heavy atom. The van der Waals surface area contributed by atoms with Gasteiger partial charge >= 0.3 is 0 Å². The molecule has 0 bridgehead atoms. The highest BCUT2D eigenvalue weighted by Crippen LogP contribution is 2.56. The van der Waals surface area contributed by atoms with E-state index in [-0.39, 0.29) is 35.6 Å². The SMILES string of the molecule is C=C(C)O[C@@H]1CCC[C@@H](c2cnc3oc(C(C)(C)C)cc3n2)N(C(=O)C2=CC(=S)CC=C2)[C@]12CC2OC1=NNC(C2=C(C)C=CCC(C)C2C)C1. The van der Waals surface area contributed by atoms with Crippen molar-refractivity contribution in [1.82, 2.24) is 20.3 Å². The van der Waals surface area contributed by atoms with Crippen LogP contribution in [-0.4, -0.2) is 55.3 Å². The number of hydrazone groups is 1. The summed E-state index contributed by atoms with van der Waals surface area (Å²) in [6.07, 6.45) is 16.5. The molecule has 1 saturated heterocycles. The third-order valence-corrected chi connectivity index (χ3v) is 11.6. The van der Waals surface area contributed by atoms with E-state index in [1.165, 1.54) is 11.1 Å². The van der Waals surface area contributed by atoms with E-state index in [4.69, 9.17) is 41.2 Å². The fourth-order valence-electron chi connectivity index (χ4n) is 8.38. The van der Waals surface area contributed by atoms with Crippen molar-refractivity contribution in [1.29, 1.82) is 0 Å². The predicted molar refractivity (Wildman–Crippen MR) is 204 cm³/mol. The van der Waals surface area contributed by atoms with E-state index in [1.54, 1.807) is 6.20 Å². The van der Waals surface area contributed by atoms with Gasteiger partial charge in [-0.15, -0.1) is 5.10 Å². The van der Waals surface area contributed by atoms with Crippen molar-refractivity contribution in [2.45, 2.75) is 129 Å². The highest BCUT2D eigenvalue weighted by atomic mass is 32.1. The Balaban J connectivity index is 1.26. The van der Waals surface area contributed by atoms with Crippen molar-refractivity contribution in [3.05, 3.63) is 83.2 Å². The molecule has 2 aliphatic heterocycles. The van der Waals surface area contributed by atoms with E-state index < -0.39 is 5.54 Å². The van der Waals surface area contributed by atoms with Crippen molar-refractivity contribution < 1.29 is 18.7 Å². The molecular formula is C41H51N5O4S. The van der Waals surface area contributed by atoms with Crippen LogP contribution in [0.4, 0.5) is 0 Å². The van der Waals surface area contributed by atoms with Gasteiger partial charge in [-0.25, -0.2) is 9.97 Å². The van der Waals surface area contributed by atoms with Crippen molar-refractivity contribution in [2.24, 2.45) is 16.9 Å². The van der Waals surface area contributed by atoms with Crippen LogP contribution in [0.2, 0.25) is 0 Å². The summed E-state index contributed by atoms with van der Waals surface area (Å²) in [4.78, 5) is 27.5.